The summed E-state index contributed by atoms with van der Waals surface area (Å²) < 4.78 is 32.9. The summed E-state index contributed by atoms with van der Waals surface area (Å²) in [6, 6.07) is 12.9. The molecular formula is C19H23ClN2O4S. The third-order valence-electron chi connectivity index (χ3n) is 3.63. The van der Waals surface area contributed by atoms with Gasteiger partial charge in [0, 0.05) is 17.6 Å². The third kappa shape index (κ3) is 6.53. The first-order chi connectivity index (χ1) is 12.7. The number of nitrogens with one attached hydrogen (secondary N) is 2. The fourth-order valence-electron chi connectivity index (χ4n) is 2.22. The zero-order valence-corrected chi connectivity index (χ0v) is 17.0. The number of carbonyl (C=O) groups excluding carboxylic acids is 1. The smallest absolute Gasteiger partial charge is 0.260 e. The summed E-state index contributed by atoms with van der Waals surface area (Å²) in [6.45, 7) is 5.52. The molecule has 27 heavy (non-hydrogen) atoms. The van der Waals surface area contributed by atoms with Crippen LogP contribution in [0.25, 0.3) is 0 Å². The Morgan fingerprint density at radius 1 is 1.04 bits per heavy atom. The highest BCUT2D eigenvalue weighted by molar-refractivity contribution is 7.89. The highest BCUT2D eigenvalue weighted by Crippen LogP contribution is 2.18. The van der Waals surface area contributed by atoms with Crippen LogP contribution in [0.15, 0.2) is 53.4 Å². The standard InChI is InChI=1S/C19H23ClN2O4S/c1-13(2)22-19(23)14(3)26-17-8-10-18(11-9-17)27(24,25)21-12-15-4-6-16(20)7-5-15/h4-11,13-14,21H,12H2,1-3H3,(H,22,23)/t14-/m1/s1. The maximum atomic E-state index is 12.4. The number of hydrogen-bond donors (Lipinski definition) is 2. The van der Waals surface area contributed by atoms with Gasteiger partial charge < -0.3 is 10.1 Å². The van der Waals surface area contributed by atoms with Crippen molar-refractivity contribution in [3.05, 3.63) is 59.1 Å². The van der Waals surface area contributed by atoms with Gasteiger partial charge in [-0.3, -0.25) is 4.79 Å². The Morgan fingerprint density at radius 2 is 1.63 bits per heavy atom. The Morgan fingerprint density at radius 3 is 2.19 bits per heavy atom. The zero-order valence-electron chi connectivity index (χ0n) is 15.4. The molecule has 1 atom stereocenters. The molecule has 2 aromatic rings. The first-order valence-corrected chi connectivity index (χ1v) is 10.3. The van der Waals surface area contributed by atoms with Gasteiger partial charge in [0.2, 0.25) is 10.0 Å². The quantitative estimate of drug-likeness (QED) is 0.700. The Hall–Kier alpha value is -2.09. The fourth-order valence-corrected chi connectivity index (χ4v) is 3.36. The van der Waals surface area contributed by atoms with Crippen molar-refractivity contribution in [3.63, 3.8) is 0 Å². The summed E-state index contributed by atoms with van der Waals surface area (Å²) in [5.41, 5.74) is 0.799. The molecule has 0 aliphatic carbocycles. The summed E-state index contributed by atoms with van der Waals surface area (Å²) >= 11 is 5.82. The zero-order chi connectivity index (χ0) is 20.0. The lowest BCUT2D eigenvalue weighted by atomic mass is 10.2. The highest BCUT2D eigenvalue weighted by atomic mass is 35.5. The van der Waals surface area contributed by atoms with Crippen LogP contribution in [0.5, 0.6) is 5.75 Å². The van der Waals surface area contributed by atoms with Crippen LogP contribution in [0.1, 0.15) is 26.3 Å². The molecule has 0 fully saturated rings. The number of halogens is 1. The second kappa shape index (κ2) is 9.21. The maximum Gasteiger partial charge on any atom is 0.260 e. The lowest BCUT2D eigenvalue weighted by molar-refractivity contribution is -0.127. The summed E-state index contributed by atoms with van der Waals surface area (Å²) in [4.78, 5) is 12.0. The second-order valence-electron chi connectivity index (χ2n) is 6.35. The average Bonchev–Trinajstić information content (AvgIpc) is 2.61. The van der Waals surface area contributed by atoms with Crippen molar-refractivity contribution in [1.29, 1.82) is 0 Å². The second-order valence-corrected chi connectivity index (χ2v) is 8.55. The summed E-state index contributed by atoms with van der Waals surface area (Å²) in [6.07, 6.45) is -0.683. The molecule has 0 aliphatic heterocycles. The van der Waals surface area contributed by atoms with Crippen LogP contribution < -0.4 is 14.8 Å². The van der Waals surface area contributed by atoms with Crippen molar-refractivity contribution in [2.24, 2.45) is 0 Å². The van der Waals surface area contributed by atoms with Gasteiger partial charge in [-0.1, -0.05) is 23.7 Å². The molecule has 0 aliphatic rings. The van der Waals surface area contributed by atoms with Gasteiger partial charge in [0.15, 0.2) is 6.10 Å². The van der Waals surface area contributed by atoms with E-state index in [1.165, 1.54) is 24.3 Å². The predicted molar refractivity (Wildman–Crippen MR) is 105 cm³/mol. The average molecular weight is 411 g/mol. The first-order valence-electron chi connectivity index (χ1n) is 8.48. The third-order valence-corrected chi connectivity index (χ3v) is 5.30. The van der Waals surface area contributed by atoms with E-state index in [0.29, 0.717) is 10.8 Å². The van der Waals surface area contributed by atoms with E-state index in [-0.39, 0.29) is 23.4 Å². The van der Waals surface area contributed by atoms with Crippen molar-refractivity contribution in [3.8, 4) is 5.75 Å². The van der Waals surface area contributed by atoms with Gasteiger partial charge in [-0.25, -0.2) is 13.1 Å². The molecule has 0 spiro atoms. The van der Waals surface area contributed by atoms with E-state index in [4.69, 9.17) is 16.3 Å². The van der Waals surface area contributed by atoms with E-state index in [1.807, 2.05) is 13.8 Å². The number of ether oxygens (including phenoxy) is 1. The van der Waals surface area contributed by atoms with Gasteiger partial charge in [-0.2, -0.15) is 0 Å². The van der Waals surface area contributed by atoms with E-state index < -0.39 is 16.1 Å². The molecular weight excluding hydrogens is 388 g/mol. The van der Waals surface area contributed by atoms with E-state index in [2.05, 4.69) is 10.0 Å². The molecule has 0 radical (unpaired) electrons. The van der Waals surface area contributed by atoms with Gasteiger partial charge in [-0.15, -0.1) is 0 Å². The molecule has 2 aromatic carbocycles. The van der Waals surface area contributed by atoms with E-state index >= 15 is 0 Å². The minimum atomic E-state index is -3.66. The van der Waals surface area contributed by atoms with Crippen LogP contribution >= 0.6 is 11.6 Å². The molecule has 0 bridgehead atoms. The SMILES string of the molecule is CC(C)NC(=O)[C@@H](C)Oc1ccc(S(=O)(=O)NCc2ccc(Cl)cc2)cc1. The molecule has 0 aromatic heterocycles. The van der Waals surface area contributed by atoms with Crippen LogP contribution in [-0.4, -0.2) is 26.5 Å². The van der Waals surface area contributed by atoms with Crippen molar-refractivity contribution in [1.82, 2.24) is 10.0 Å². The molecule has 0 heterocycles. The fraction of sp³-hybridized carbons (Fsp3) is 0.316. The lowest BCUT2D eigenvalue weighted by Gasteiger charge is -2.16. The van der Waals surface area contributed by atoms with Crippen LogP contribution in [0.4, 0.5) is 0 Å². The summed E-state index contributed by atoms with van der Waals surface area (Å²) in [7, 11) is -3.66. The number of benzene rings is 2. The number of hydrogen-bond acceptors (Lipinski definition) is 4. The van der Waals surface area contributed by atoms with Crippen LogP contribution in [0, 0.1) is 0 Å². The van der Waals surface area contributed by atoms with Crippen LogP contribution in [0.3, 0.4) is 0 Å². The molecule has 0 saturated heterocycles. The Bertz CT molecular complexity index is 866. The molecule has 0 unspecified atom stereocenters. The molecule has 2 N–H and O–H groups in total. The minimum absolute atomic E-state index is 0.0165. The summed E-state index contributed by atoms with van der Waals surface area (Å²) in [5, 5.41) is 3.35. The van der Waals surface area contributed by atoms with Gasteiger partial charge in [-0.05, 0) is 62.7 Å². The minimum Gasteiger partial charge on any atom is -0.481 e. The molecule has 2 rings (SSSR count). The van der Waals surface area contributed by atoms with Crippen molar-refractivity contribution in [2.45, 2.75) is 44.4 Å². The molecule has 146 valence electrons. The largest absolute Gasteiger partial charge is 0.481 e. The van der Waals surface area contributed by atoms with Gasteiger partial charge in [0.25, 0.3) is 5.91 Å². The molecule has 1 amide bonds. The topological polar surface area (TPSA) is 84.5 Å². The first kappa shape index (κ1) is 21.2. The monoisotopic (exact) mass is 410 g/mol. The molecule has 8 heteroatoms. The number of rotatable bonds is 8. The van der Waals surface area contributed by atoms with Crippen LogP contribution in [0.2, 0.25) is 5.02 Å². The lowest BCUT2D eigenvalue weighted by Crippen LogP contribution is -2.40. The van der Waals surface area contributed by atoms with Crippen LogP contribution in [-0.2, 0) is 21.4 Å². The highest BCUT2D eigenvalue weighted by Gasteiger charge is 2.17. The number of sulfonamides is 1. The predicted octanol–water partition coefficient (Wildman–Crippen LogP) is 3.11. The van der Waals surface area contributed by atoms with Gasteiger partial charge >= 0.3 is 0 Å². The molecule has 6 nitrogen and oxygen atoms in total. The van der Waals surface area contributed by atoms with E-state index in [1.54, 1.807) is 31.2 Å². The normalized spacial score (nSPS) is 12.6. The Kier molecular flexibility index (Phi) is 7.24. The molecule has 0 saturated carbocycles. The number of amides is 1. The Balaban J connectivity index is 1.98. The van der Waals surface area contributed by atoms with E-state index in [0.717, 1.165) is 5.56 Å². The van der Waals surface area contributed by atoms with Crippen molar-refractivity contribution >= 4 is 27.5 Å². The number of carbonyl (C=O) groups is 1. The Labute approximate surface area is 164 Å². The van der Waals surface area contributed by atoms with Gasteiger partial charge in [0.1, 0.15) is 5.75 Å². The van der Waals surface area contributed by atoms with Gasteiger partial charge in [0.05, 0.1) is 4.90 Å². The van der Waals surface area contributed by atoms with Crippen molar-refractivity contribution < 1.29 is 17.9 Å². The maximum absolute atomic E-state index is 12.4. The summed E-state index contributed by atoms with van der Waals surface area (Å²) in [5.74, 6) is 0.185. The van der Waals surface area contributed by atoms with Crippen molar-refractivity contribution in [2.75, 3.05) is 0 Å². The van der Waals surface area contributed by atoms with E-state index in [9.17, 15) is 13.2 Å².